The molecule has 0 amide bonds. The zero-order valence-corrected chi connectivity index (χ0v) is 17.3. The molecule has 2 aromatic carbocycles. The van der Waals surface area contributed by atoms with Gasteiger partial charge in [0.15, 0.2) is 0 Å². The van der Waals surface area contributed by atoms with E-state index >= 15 is 0 Å². The number of rotatable bonds is 6. The van der Waals surface area contributed by atoms with E-state index in [9.17, 15) is 0 Å². The lowest BCUT2D eigenvalue weighted by molar-refractivity contribution is 0.0256. The van der Waals surface area contributed by atoms with Crippen molar-refractivity contribution in [3.8, 4) is 17.4 Å². The van der Waals surface area contributed by atoms with E-state index in [-0.39, 0.29) is 6.10 Å². The lowest BCUT2D eigenvalue weighted by atomic mass is 10.1. The summed E-state index contributed by atoms with van der Waals surface area (Å²) in [5.74, 6) is 2.47. The molecule has 0 atom stereocenters. The van der Waals surface area contributed by atoms with Gasteiger partial charge in [0.2, 0.25) is 11.8 Å². The predicted molar refractivity (Wildman–Crippen MR) is 119 cm³/mol. The number of benzene rings is 2. The summed E-state index contributed by atoms with van der Waals surface area (Å²) in [6.45, 7) is 3.53. The molecular formula is C24H24N4O3. The van der Waals surface area contributed by atoms with Crippen molar-refractivity contribution < 1.29 is 14.2 Å². The van der Waals surface area contributed by atoms with E-state index in [1.54, 1.807) is 12.3 Å². The number of nitrogens with one attached hydrogen (secondary N) is 2. The third-order valence-electron chi connectivity index (χ3n) is 5.14. The second-order valence-corrected chi connectivity index (χ2v) is 7.60. The van der Waals surface area contributed by atoms with Gasteiger partial charge in [-0.3, -0.25) is 0 Å². The van der Waals surface area contributed by atoms with Crippen LogP contribution in [0.5, 0.6) is 17.4 Å². The standard InChI is InChI=1S/C24H24N4O3/c1-16-13-17-14-21(5-6-22(17)26-16)31-23-7-10-25-24(28-23)27-18-3-2-4-20(15-18)30-19-8-11-29-12-9-19/h2-7,10,13-15,19,26H,8-9,11-12H2,1H3,(H,25,27,28). The minimum Gasteiger partial charge on any atom is -0.490 e. The fraction of sp³-hybridized carbons (Fsp3) is 0.250. The molecule has 0 unspecified atom stereocenters. The molecule has 158 valence electrons. The van der Waals surface area contributed by atoms with Crippen LogP contribution < -0.4 is 14.8 Å². The fourth-order valence-electron chi connectivity index (χ4n) is 3.66. The van der Waals surface area contributed by atoms with E-state index in [2.05, 4.69) is 26.3 Å². The highest BCUT2D eigenvalue weighted by Gasteiger charge is 2.15. The number of aryl methyl sites for hydroxylation is 1. The average molecular weight is 416 g/mol. The van der Waals surface area contributed by atoms with Crippen LogP contribution in [-0.2, 0) is 4.74 Å². The molecule has 2 aromatic heterocycles. The summed E-state index contributed by atoms with van der Waals surface area (Å²) in [7, 11) is 0. The Hall–Kier alpha value is -3.58. The van der Waals surface area contributed by atoms with Crippen molar-refractivity contribution in [2.45, 2.75) is 25.9 Å². The van der Waals surface area contributed by atoms with Crippen molar-refractivity contribution in [3.05, 3.63) is 66.5 Å². The molecule has 1 saturated heterocycles. The first-order valence-electron chi connectivity index (χ1n) is 10.4. The van der Waals surface area contributed by atoms with Crippen molar-refractivity contribution in [2.24, 2.45) is 0 Å². The molecule has 0 radical (unpaired) electrons. The molecule has 1 fully saturated rings. The molecule has 1 aliphatic rings. The van der Waals surface area contributed by atoms with E-state index in [0.29, 0.717) is 11.8 Å². The zero-order chi connectivity index (χ0) is 21.0. The Morgan fingerprint density at radius 3 is 2.84 bits per heavy atom. The summed E-state index contributed by atoms with van der Waals surface area (Å²) < 4.78 is 17.4. The van der Waals surface area contributed by atoms with Gasteiger partial charge in [-0.1, -0.05) is 6.07 Å². The molecular weight excluding hydrogens is 392 g/mol. The number of nitrogens with zero attached hydrogens (tertiary/aromatic N) is 2. The Morgan fingerprint density at radius 2 is 1.94 bits per heavy atom. The van der Waals surface area contributed by atoms with Crippen molar-refractivity contribution in [1.82, 2.24) is 15.0 Å². The Bertz CT molecular complexity index is 1180. The molecule has 31 heavy (non-hydrogen) atoms. The second-order valence-electron chi connectivity index (χ2n) is 7.60. The number of H-pyrrole nitrogens is 1. The van der Waals surface area contributed by atoms with Crippen molar-refractivity contribution in [2.75, 3.05) is 18.5 Å². The van der Waals surface area contributed by atoms with Crippen LogP contribution in [0.3, 0.4) is 0 Å². The average Bonchev–Trinajstić information content (AvgIpc) is 3.14. The van der Waals surface area contributed by atoms with Gasteiger partial charge in [0, 0.05) is 53.5 Å². The number of hydrogen-bond acceptors (Lipinski definition) is 6. The first-order chi connectivity index (χ1) is 15.2. The molecule has 5 rings (SSSR count). The first kappa shape index (κ1) is 19.4. The first-order valence-corrected chi connectivity index (χ1v) is 10.4. The number of aromatic nitrogens is 3. The second kappa shape index (κ2) is 8.65. The van der Waals surface area contributed by atoms with Crippen LogP contribution in [0.15, 0.2) is 60.8 Å². The highest BCUT2D eigenvalue weighted by molar-refractivity contribution is 5.81. The Morgan fingerprint density at radius 1 is 1.03 bits per heavy atom. The van der Waals surface area contributed by atoms with Crippen LogP contribution >= 0.6 is 0 Å². The summed E-state index contributed by atoms with van der Waals surface area (Å²) in [5.41, 5.74) is 3.05. The van der Waals surface area contributed by atoms with E-state index < -0.39 is 0 Å². The maximum Gasteiger partial charge on any atom is 0.230 e. The SMILES string of the molecule is Cc1cc2cc(Oc3ccnc(Nc4cccc(OC5CCOCC5)c4)n3)ccc2[nH]1. The minimum absolute atomic E-state index is 0.193. The van der Waals surface area contributed by atoms with Crippen LogP contribution in [0.2, 0.25) is 0 Å². The molecule has 0 saturated carbocycles. The van der Waals surface area contributed by atoms with E-state index in [4.69, 9.17) is 14.2 Å². The van der Waals surface area contributed by atoms with Crippen LogP contribution in [-0.4, -0.2) is 34.3 Å². The number of ether oxygens (including phenoxy) is 3. The highest BCUT2D eigenvalue weighted by atomic mass is 16.5. The topological polar surface area (TPSA) is 81.3 Å². The van der Waals surface area contributed by atoms with Gasteiger partial charge >= 0.3 is 0 Å². The molecule has 1 aliphatic heterocycles. The van der Waals surface area contributed by atoms with Gasteiger partial charge in [0.1, 0.15) is 17.6 Å². The van der Waals surface area contributed by atoms with Gasteiger partial charge < -0.3 is 24.5 Å². The summed E-state index contributed by atoms with van der Waals surface area (Å²) in [6.07, 6.45) is 3.69. The molecule has 3 heterocycles. The normalized spacial score (nSPS) is 14.5. The Balaban J connectivity index is 1.28. The number of anilines is 2. The van der Waals surface area contributed by atoms with Gasteiger partial charge in [-0.05, 0) is 43.3 Å². The maximum atomic E-state index is 6.09. The molecule has 4 aromatic rings. The smallest absolute Gasteiger partial charge is 0.230 e. The third kappa shape index (κ3) is 4.78. The van der Waals surface area contributed by atoms with Gasteiger partial charge in [-0.2, -0.15) is 4.98 Å². The number of fused-ring (bicyclic) bond motifs is 1. The maximum absolute atomic E-state index is 6.09. The summed E-state index contributed by atoms with van der Waals surface area (Å²) >= 11 is 0. The van der Waals surface area contributed by atoms with Crippen LogP contribution in [0.4, 0.5) is 11.6 Å². The lowest BCUT2D eigenvalue weighted by Gasteiger charge is -2.23. The summed E-state index contributed by atoms with van der Waals surface area (Å²) in [6, 6.07) is 17.6. The molecule has 0 aliphatic carbocycles. The molecule has 7 nitrogen and oxygen atoms in total. The highest BCUT2D eigenvalue weighted by Crippen LogP contribution is 2.27. The van der Waals surface area contributed by atoms with Crippen LogP contribution in [0.25, 0.3) is 10.9 Å². The molecule has 2 N–H and O–H groups in total. The molecule has 7 heteroatoms. The Kier molecular flexibility index (Phi) is 5.41. The number of aromatic amines is 1. The van der Waals surface area contributed by atoms with E-state index in [0.717, 1.165) is 59.8 Å². The van der Waals surface area contributed by atoms with E-state index in [1.807, 2.05) is 49.4 Å². The lowest BCUT2D eigenvalue weighted by Crippen LogP contribution is -2.25. The Labute approximate surface area is 180 Å². The van der Waals surface area contributed by atoms with Gasteiger partial charge in [0.05, 0.1) is 13.2 Å². The van der Waals surface area contributed by atoms with Crippen LogP contribution in [0, 0.1) is 6.92 Å². The predicted octanol–water partition coefficient (Wildman–Crippen LogP) is 5.36. The fourth-order valence-corrected chi connectivity index (χ4v) is 3.66. The largest absolute Gasteiger partial charge is 0.490 e. The minimum atomic E-state index is 0.193. The molecule has 0 spiro atoms. The quantitative estimate of drug-likeness (QED) is 0.440. The van der Waals surface area contributed by atoms with Crippen LogP contribution in [0.1, 0.15) is 18.5 Å². The van der Waals surface area contributed by atoms with E-state index in [1.165, 1.54) is 0 Å². The van der Waals surface area contributed by atoms with Crippen molar-refractivity contribution >= 4 is 22.5 Å². The summed E-state index contributed by atoms with van der Waals surface area (Å²) in [5, 5.41) is 4.33. The van der Waals surface area contributed by atoms with Crippen molar-refractivity contribution in [3.63, 3.8) is 0 Å². The number of hydrogen-bond donors (Lipinski definition) is 2. The third-order valence-corrected chi connectivity index (χ3v) is 5.14. The summed E-state index contributed by atoms with van der Waals surface area (Å²) in [4.78, 5) is 12.1. The van der Waals surface area contributed by atoms with Gasteiger partial charge in [-0.15, -0.1) is 0 Å². The van der Waals surface area contributed by atoms with Gasteiger partial charge in [-0.25, -0.2) is 4.98 Å². The monoisotopic (exact) mass is 416 g/mol. The van der Waals surface area contributed by atoms with Gasteiger partial charge in [0.25, 0.3) is 0 Å². The zero-order valence-electron chi connectivity index (χ0n) is 17.3. The van der Waals surface area contributed by atoms with Crippen molar-refractivity contribution in [1.29, 1.82) is 0 Å². The molecule has 0 bridgehead atoms.